The fourth-order valence-corrected chi connectivity index (χ4v) is 1.45. The summed E-state index contributed by atoms with van der Waals surface area (Å²) in [4.78, 5) is 0. The summed E-state index contributed by atoms with van der Waals surface area (Å²) in [5.74, 6) is 0. The van der Waals surface area contributed by atoms with Crippen LogP contribution in [-0.4, -0.2) is 19.8 Å². The molecule has 0 saturated carbocycles. The van der Waals surface area contributed by atoms with Gasteiger partial charge in [-0.15, -0.1) is 9.05 Å². The van der Waals surface area contributed by atoms with E-state index in [4.69, 9.17) is 14.8 Å². The van der Waals surface area contributed by atoms with Crippen molar-refractivity contribution in [3.8, 4) is 0 Å². The average molecular weight is 208 g/mol. The van der Waals surface area contributed by atoms with Gasteiger partial charge in [-0.2, -0.15) is 0 Å². The molecule has 0 saturated heterocycles. The molecule has 4 nitrogen and oxygen atoms in total. The van der Waals surface area contributed by atoms with Gasteiger partial charge in [-0.3, -0.25) is 0 Å². The number of nitrogens with two attached hydrogens (primary N) is 1. The van der Waals surface area contributed by atoms with E-state index in [1.807, 2.05) is 0 Å². The van der Waals surface area contributed by atoms with Gasteiger partial charge in [0, 0.05) is 4.57 Å². The molecule has 0 aliphatic heterocycles. The maximum atomic E-state index is 10.8. The Bertz CT molecular complexity index is 133. The largest absolute Gasteiger partial charge is 0.697 e. The zero-order valence-electron chi connectivity index (χ0n) is 8.20. The molecule has 78 valence electrons. The van der Waals surface area contributed by atoms with Crippen LogP contribution in [0, 0.1) is 0 Å². The Morgan fingerprint density at radius 2 is 1.85 bits per heavy atom. The van der Waals surface area contributed by atoms with Gasteiger partial charge in [0.1, 0.15) is 13.2 Å². The Morgan fingerprint density at radius 3 is 2.46 bits per heavy atom. The first kappa shape index (κ1) is 13.0. The van der Waals surface area contributed by atoms with E-state index in [2.05, 4.69) is 0 Å². The molecule has 0 radical (unpaired) electrons. The van der Waals surface area contributed by atoms with Crippen molar-refractivity contribution in [1.82, 2.24) is 0 Å². The minimum Gasteiger partial charge on any atom is -0.330 e. The lowest BCUT2D eigenvalue weighted by molar-refractivity contribution is 0.229. The number of rotatable bonds is 9. The third kappa shape index (κ3) is 9.90. The minimum atomic E-state index is -1.88. The van der Waals surface area contributed by atoms with Crippen LogP contribution in [0.5, 0.6) is 0 Å². The van der Waals surface area contributed by atoms with Crippen LogP contribution in [0.25, 0.3) is 0 Å². The number of hydrogen-bond donors (Lipinski definition) is 1. The monoisotopic (exact) mass is 208 g/mol. The zero-order chi connectivity index (χ0) is 9.94. The van der Waals surface area contributed by atoms with Crippen molar-refractivity contribution in [1.29, 1.82) is 0 Å². The topological polar surface area (TPSA) is 61.5 Å². The van der Waals surface area contributed by atoms with Crippen LogP contribution in [0.15, 0.2) is 0 Å². The molecule has 1 atom stereocenters. The third-order valence-corrected chi connectivity index (χ3v) is 2.39. The van der Waals surface area contributed by atoms with Crippen molar-refractivity contribution in [2.45, 2.75) is 32.6 Å². The summed E-state index contributed by atoms with van der Waals surface area (Å²) in [5.41, 5.74) is 5.33. The van der Waals surface area contributed by atoms with Crippen LogP contribution >= 0.6 is 8.25 Å². The summed E-state index contributed by atoms with van der Waals surface area (Å²) in [7, 11) is -1.88. The van der Waals surface area contributed by atoms with E-state index in [1.165, 1.54) is 0 Å². The standard InChI is InChI=1S/C8H19NO3P/c1-2-11-13(10)12-8-6-4-3-5-7-9/h2-9H2,1H3/q+1. The number of hydrogen-bond acceptors (Lipinski definition) is 4. The molecule has 0 bridgehead atoms. The van der Waals surface area contributed by atoms with Gasteiger partial charge < -0.3 is 5.73 Å². The van der Waals surface area contributed by atoms with E-state index >= 15 is 0 Å². The Labute approximate surface area is 80.7 Å². The first-order valence-corrected chi connectivity index (χ1v) is 5.84. The van der Waals surface area contributed by atoms with Crippen LogP contribution in [0.2, 0.25) is 0 Å². The first-order valence-electron chi connectivity index (χ1n) is 4.74. The van der Waals surface area contributed by atoms with Gasteiger partial charge in [0.25, 0.3) is 0 Å². The van der Waals surface area contributed by atoms with Crippen molar-refractivity contribution < 1.29 is 13.6 Å². The molecule has 0 amide bonds. The van der Waals surface area contributed by atoms with Gasteiger partial charge in [0.05, 0.1) is 0 Å². The predicted molar refractivity (Wildman–Crippen MR) is 52.7 cm³/mol. The number of unbranched alkanes of at least 4 members (excludes halogenated alkanes) is 3. The summed E-state index contributed by atoms with van der Waals surface area (Å²) in [6, 6.07) is 0. The summed E-state index contributed by atoms with van der Waals surface area (Å²) in [6.07, 6.45) is 4.17. The van der Waals surface area contributed by atoms with Crippen molar-refractivity contribution in [2.75, 3.05) is 19.8 Å². The highest BCUT2D eigenvalue weighted by Crippen LogP contribution is 2.23. The fraction of sp³-hybridized carbons (Fsp3) is 1.00. The summed E-state index contributed by atoms with van der Waals surface area (Å²) < 4.78 is 20.5. The lowest BCUT2D eigenvalue weighted by Crippen LogP contribution is -1.98. The first-order chi connectivity index (χ1) is 6.31. The Hall–Kier alpha value is -0.0200. The molecule has 0 aromatic heterocycles. The third-order valence-electron chi connectivity index (χ3n) is 1.53. The average Bonchev–Trinajstić information content (AvgIpc) is 2.11. The molecule has 0 rings (SSSR count). The highest BCUT2D eigenvalue weighted by Gasteiger charge is 2.17. The van der Waals surface area contributed by atoms with Gasteiger partial charge in [-0.1, -0.05) is 12.8 Å². The van der Waals surface area contributed by atoms with E-state index in [1.54, 1.807) is 6.92 Å². The second-order valence-electron chi connectivity index (χ2n) is 2.68. The second-order valence-corrected chi connectivity index (χ2v) is 3.64. The zero-order valence-corrected chi connectivity index (χ0v) is 9.09. The van der Waals surface area contributed by atoms with Crippen LogP contribution in [0.1, 0.15) is 32.6 Å². The second kappa shape index (κ2) is 10.1. The van der Waals surface area contributed by atoms with Crippen LogP contribution in [0.3, 0.4) is 0 Å². The summed E-state index contributed by atoms with van der Waals surface area (Å²) in [6.45, 7) is 3.48. The predicted octanol–water partition coefficient (Wildman–Crippen LogP) is 2.22. The highest BCUT2D eigenvalue weighted by atomic mass is 31.1. The molecule has 0 aliphatic carbocycles. The van der Waals surface area contributed by atoms with E-state index in [9.17, 15) is 4.57 Å². The molecule has 0 heterocycles. The molecule has 0 aliphatic rings. The summed E-state index contributed by atoms with van der Waals surface area (Å²) in [5, 5.41) is 0. The Morgan fingerprint density at radius 1 is 1.15 bits per heavy atom. The van der Waals surface area contributed by atoms with E-state index in [0.717, 1.165) is 32.2 Å². The summed E-state index contributed by atoms with van der Waals surface area (Å²) >= 11 is 0. The minimum absolute atomic E-state index is 0.433. The molecular weight excluding hydrogens is 189 g/mol. The normalized spacial score (nSPS) is 11.7. The quantitative estimate of drug-likeness (QED) is 0.466. The molecule has 0 aromatic rings. The van der Waals surface area contributed by atoms with Gasteiger partial charge in [0.15, 0.2) is 0 Å². The highest BCUT2D eigenvalue weighted by molar-refractivity contribution is 7.33. The molecule has 2 N–H and O–H groups in total. The van der Waals surface area contributed by atoms with Crippen molar-refractivity contribution in [3.05, 3.63) is 0 Å². The fourth-order valence-electron chi connectivity index (χ4n) is 0.882. The SMILES string of the molecule is CCO[P+](=O)OCCCCCCN. The molecule has 13 heavy (non-hydrogen) atoms. The maximum Gasteiger partial charge on any atom is 0.697 e. The Balaban J connectivity index is 3.02. The van der Waals surface area contributed by atoms with Crippen molar-refractivity contribution in [3.63, 3.8) is 0 Å². The lowest BCUT2D eigenvalue weighted by atomic mass is 10.2. The molecular formula is C8H19NO3P+. The lowest BCUT2D eigenvalue weighted by Gasteiger charge is -1.95. The molecule has 0 fully saturated rings. The molecule has 0 spiro atoms. The van der Waals surface area contributed by atoms with E-state index in [-0.39, 0.29) is 0 Å². The molecule has 0 aromatic carbocycles. The van der Waals surface area contributed by atoms with Crippen LogP contribution in [0.4, 0.5) is 0 Å². The Kier molecular flexibility index (Phi) is 10.0. The van der Waals surface area contributed by atoms with E-state index < -0.39 is 8.25 Å². The van der Waals surface area contributed by atoms with Crippen LogP contribution < -0.4 is 5.73 Å². The van der Waals surface area contributed by atoms with Gasteiger partial charge in [-0.25, -0.2) is 0 Å². The maximum absolute atomic E-state index is 10.8. The smallest absolute Gasteiger partial charge is 0.330 e. The van der Waals surface area contributed by atoms with Gasteiger partial charge in [-0.05, 0) is 26.3 Å². The molecule has 5 heteroatoms. The van der Waals surface area contributed by atoms with Crippen LogP contribution in [-0.2, 0) is 13.6 Å². The van der Waals surface area contributed by atoms with Crippen molar-refractivity contribution >= 4 is 8.25 Å². The van der Waals surface area contributed by atoms with Gasteiger partial charge >= 0.3 is 8.25 Å². The van der Waals surface area contributed by atoms with E-state index in [0.29, 0.717) is 13.2 Å². The van der Waals surface area contributed by atoms with Crippen molar-refractivity contribution in [2.24, 2.45) is 5.73 Å². The molecule has 1 unspecified atom stereocenters. The van der Waals surface area contributed by atoms with Gasteiger partial charge in [0.2, 0.25) is 0 Å².